The maximum atomic E-state index is 12.7. The number of fused-ring (bicyclic) bond motifs is 7. The largest absolute Gasteiger partial charge is 0.321 e. The second kappa shape index (κ2) is 6.77. The molecule has 0 unspecified atom stereocenters. The van der Waals surface area contributed by atoms with E-state index in [0.29, 0.717) is 33.3 Å². The summed E-state index contributed by atoms with van der Waals surface area (Å²) in [5.74, 6) is -0.236. The van der Waals surface area contributed by atoms with E-state index in [4.69, 9.17) is 9.97 Å². The van der Waals surface area contributed by atoms with Gasteiger partial charge < -0.3 is 5.32 Å². The predicted octanol–water partition coefficient (Wildman–Crippen LogP) is 4.53. The van der Waals surface area contributed by atoms with E-state index in [-0.39, 0.29) is 5.91 Å². The Morgan fingerprint density at radius 3 is 2.06 bits per heavy atom. The second-order valence-electron chi connectivity index (χ2n) is 7.12. The molecule has 0 bridgehead atoms. The summed E-state index contributed by atoms with van der Waals surface area (Å²) in [5.41, 5.74) is 5.33. The van der Waals surface area contributed by atoms with E-state index < -0.39 is 0 Å². The summed E-state index contributed by atoms with van der Waals surface area (Å²) < 4.78 is 0. The van der Waals surface area contributed by atoms with Gasteiger partial charge in [0.25, 0.3) is 5.91 Å². The Morgan fingerprint density at radius 1 is 0.710 bits per heavy atom. The van der Waals surface area contributed by atoms with Gasteiger partial charge in [0, 0.05) is 34.9 Å². The van der Waals surface area contributed by atoms with Crippen molar-refractivity contribution in [3.05, 3.63) is 84.9 Å². The first-order valence-electron chi connectivity index (χ1n) is 9.72. The van der Waals surface area contributed by atoms with Crippen molar-refractivity contribution in [2.45, 2.75) is 0 Å². The minimum atomic E-state index is -0.236. The highest BCUT2D eigenvalue weighted by atomic mass is 16.1. The third-order valence-corrected chi connectivity index (χ3v) is 5.20. The van der Waals surface area contributed by atoms with Crippen molar-refractivity contribution in [1.29, 1.82) is 0 Å². The molecule has 4 heterocycles. The van der Waals surface area contributed by atoms with Gasteiger partial charge in [-0.3, -0.25) is 19.7 Å². The van der Waals surface area contributed by atoms with Gasteiger partial charge in [-0.25, -0.2) is 9.97 Å². The van der Waals surface area contributed by atoms with E-state index in [1.54, 1.807) is 55.1 Å². The number of anilines is 1. The number of nitrogens with one attached hydrogen (secondary N) is 1. The number of amides is 1. The monoisotopic (exact) mass is 402 g/mol. The molecule has 0 aliphatic heterocycles. The van der Waals surface area contributed by atoms with Crippen LogP contribution in [0.15, 0.2) is 79.4 Å². The van der Waals surface area contributed by atoms with E-state index >= 15 is 0 Å². The molecule has 6 aromatic rings. The van der Waals surface area contributed by atoms with Crippen LogP contribution in [0.25, 0.3) is 43.9 Å². The molecular weight excluding hydrogens is 388 g/mol. The van der Waals surface area contributed by atoms with Gasteiger partial charge in [0.15, 0.2) is 0 Å². The van der Waals surface area contributed by atoms with Gasteiger partial charge in [-0.2, -0.15) is 0 Å². The van der Waals surface area contributed by atoms with Crippen LogP contribution >= 0.6 is 0 Å². The first-order chi connectivity index (χ1) is 15.3. The van der Waals surface area contributed by atoms with Crippen LogP contribution < -0.4 is 5.32 Å². The molecule has 4 aromatic heterocycles. The van der Waals surface area contributed by atoms with Crippen molar-refractivity contribution in [1.82, 2.24) is 24.9 Å². The van der Waals surface area contributed by atoms with Crippen LogP contribution in [0.3, 0.4) is 0 Å². The summed E-state index contributed by atoms with van der Waals surface area (Å²) >= 11 is 0. The Kier molecular flexibility index (Phi) is 3.79. The highest BCUT2D eigenvalue weighted by Crippen LogP contribution is 2.31. The van der Waals surface area contributed by atoms with Gasteiger partial charge in [-0.05, 0) is 42.5 Å². The standard InChI is InChI=1S/C24H14N6O/c31-24(28-15-4-1-9-25-13-15)14-7-8-18-19(12-14)30-23-21-17(6-3-11-27-21)16-5-2-10-26-20(16)22(23)29-18/h1-13H,(H,28,31). The molecular formula is C24H14N6O. The van der Waals surface area contributed by atoms with Crippen LogP contribution in [-0.4, -0.2) is 30.8 Å². The van der Waals surface area contributed by atoms with Crippen molar-refractivity contribution in [2.75, 3.05) is 5.32 Å². The summed E-state index contributed by atoms with van der Waals surface area (Å²) in [4.78, 5) is 35.5. The molecule has 0 saturated carbocycles. The minimum Gasteiger partial charge on any atom is -0.321 e. The SMILES string of the molecule is O=C(Nc1cccnc1)c1ccc2nc3c4ncccc4c4cccnc4c3nc2c1. The molecule has 6 rings (SSSR count). The van der Waals surface area contributed by atoms with E-state index in [9.17, 15) is 4.79 Å². The lowest BCUT2D eigenvalue weighted by Crippen LogP contribution is -2.12. The number of rotatable bonds is 2. The number of carbonyl (C=O) groups excluding carboxylic acids is 1. The Balaban J connectivity index is 1.57. The molecule has 0 fully saturated rings. The van der Waals surface area contributed by atoms with E-state index in [0.717, 1.165) is 21.8 Å². The molecule has 0 aliphatic carbocycles. The number of benzene rings is 2. The smallest absolute Gasteiger partial charge is 0.255 e. The number of nitrogens with zero attached hydrogens (tertiary/aromatic N) is 5. The number of aromatic nitrogens is 5. The summed E-state index contributed by atoms with van der Waals surface area (Å²) in [6.45, 7) is 0. The maximum absolute atomic E-state index is 12.7. The zero-order valence-corrected chi connectivity index (χ0v) is 16.1. The van der Waals surface area contributed by atoms with Crippen LogP contribution in [0, 0.1) is 0 Å². The molecule has 0 spiro atoms. The molecule has 7 nitrogen and oxygen atoms in total. The average molecular weight is 402 g/mol. The molecule has 2 aromatic carbocycles. The summed E-state index contributed by atoms with van der Waals surface area (Å²) in [5, 5.41) is 4.80. The summed E-state index contributed by atoms with van der Waals surface area (Å²) in [6, 6.07) is 16.7. The molecule has 0 saturated heterocycles. The van der Waals surface area contributed by atoms with Gasteiger partial charge >= 0.3 is 0 Å². The molecule has 1 amide bonds. The lowest BCUT2D eigenvalue weighted by molar-refractivity contribution is 0.102. The highest BCUT2D eigenvalue weighted by molar-refractivity contribution is 6.21. The highest BCUT2D eigenvalue weighted by Gasteiger charge is 2.15. The molecule has 7 heteroatoms. The van der Waals surface area contributed by atoms with Crippen molar-refractivity contribution in [3.63, 3.8) is 0 Å². The zero-order chi connectivity index (χ0) is 20.8. The van der Waals surface area contributed by atoms with Gasteiger partial charge in [-0.1, -0.05) is 12.1 Å². The third kappa shape index (κ3) is 2.83. The number of carbonyl (C=O) groups is 1. The van der Waals surface area contributed by atoms with Gasteiger partial charge in [0.05, 0.1) is 34.0 Å². The van der Waals surface area contributed by atoms with E-state index in [2.05, 4.69) is 20.3 Å². The normalized spacial score (nSPS) is 11.4. The van der Waals surface area contributed by atoms with Gasteiger partial charge in [-0.15, -0.1) is 0 Å². The van der Waals surface area contributed by atoms with Gasteiger partial charge in [0.1, 0.15) is 11.0 Å². The van der Waals surface area contributed by atoms with Crippen molar-refractivity contribution in [3.8, 4) is 0 Å². The van der Waals surface area contributed by atoms with Crippen molar-refractivity contribution in [2.24, 2.45) is 0 Å². The number of hydrogen-bond acceptors (Lipinski definition) is 6. The Hall–Kier alpha value is -4.52. The number of pyridine rings is 3. The molecule has 0 atom stereocenters. The Bertz CT molecular complexity index is 1630. The minimum absolute atomic E-state index is 0.236. The van der Waals surface area contributed by atoms with Crippen LogP contribution in [0.5, 0.6) is 0 Å². The summed E-state index contributed by atoms with van der Waals surface area (Å²) in [7, 11) is 0. The zero-order valence-electron chi connectivity index (χ0n) is 16.1. The average Bonchev–Trinajstić information content (AvgIpc) is 2.83. The fraction of sp³-hybridized carbons (Fsp3) is 0. The van der Waals surface area contributed by atoms with Crippen molar-refractivity contribution < 1.29 is 4.79 Å². The van der Waals surface area contributed by atoms with Gasteiger partial charge in [0.2, 0.25) is 0 Å². The topological polar surface area (TPSA) is 93.6 Å². The maximum Gasteiger partial charge on any atom is 0.255 e. The van der Waals surface area contributed by atoms with Crippen LogP contribution in [0.4, 0.5) is 5.69 Å². The summed E-state index contributed by atoms with van der Waals surface area (Å²) in [6.07, 6.45) is 6.75. The molecule has 0 radical (unpaired) electrons. The predicted molar refractivity (Wildman–Crippen MR) is 120 cm³/mol. The first-order valence-corrected chi connectivity index (χ1v) is 9.72. The number of hydrogen-bond donors (Lipinski definition) is 1. The lowest BCUT2D eigenvalue weighted by Gasteiger charge is -2.09. The van der Waals surface area contributed by atoms with Crippen LogP contribution in [0.2, 0.25) is 0 Å². The van der Waals surface area contributed by atoms with Crippen LogP contribution in [0.1, 0.15) is 10.4 Å². The Morgan fingerprint density at radius 2 is 1.39 bits per heavy atom. The Labute approximate surface area is 175 Å². The van der Waals surface area contributed by atoms with Crippen molar-refractivity contribution >= 4 is 55.5 Å². The molecule has 31 heavy (non-hydrogen) atoms. The quantitative estimate of drug-likeness (QED) is 0.338. The van der Waals surface area contributed by atoms with E-state index in [1.165, 1.54) is 0 Å². The fourth-order valence-electron chi connectivity index (χ4n) is 3.79. The lowest BCUT2D eigenvalue weighted by atomic mass is 10.1. The molecule has 146 valence electrons. The van der Waals surface area contributed by atoms with Crippen LogP contribution in [-0.2, 0) is 0 Å². The van der Waals surface area contributed by atoms with E-state index in [1.807, 2.05) is 24.3 Å². The molecule has 0 aliphatic rings. The second-order valence-corrected chi connectivity index (χ2v) is 7.12. The first kappa shape index (κ1) is 17.3. The molecule has 1 N–H and O–H groups in total. The fourth-order valence-corrected chi connectivity index (χ4v) is 3.79. The third-order valence-electron chi connectivity index (χ3n) is 5.20.